The van der Waals surface area contributed by atoms with Gasteiger partial charge in [0.1, 0.15) is 11.2 Å². The molecule has 0 N–H and O–H groups in total. The predicted octanol–water partition coefficient (Wildman–Crippen LogP) is 4.81. The third-order valence-corrected chi connectivity index (χ3v) is 6.87. The molecule has 3 aliphatic heterocycles. The number of rotatable bonds is 2. The standard InChI is InChI=1S/C25H26N4O2/c1-16-20-22(28(26-16)18-11-7-5-8-12-18)30-25(4)15-24(20,3)31-23-21(25)17(2)27-29(23)19-13-9-6-10-14-19/h5-14,20,22H,15H2,1-4H3/t20-,22-,24-,25+/m1/s1. The highest BCUT2D eigenvalue weighted by atomic mass is 16.6. The van der Waals surface area contributed by atoms with E-state index in [2.05, 4.69) is 32.9 Å². The average molecular weight is 415 g/mol. The van der Waals surface area contributed by atoms with Gasteiger partial charge in [-0.1, -0.05) is 36.4 Å². The Labute approximate surface area is 182 Å². The Kier molecular flexibility index (Phi) is 3.73. The lowest BCUT2D eigenvalue weighted by molar-refractivity contribution is -0.212. The fourth-order valence-electron chi connectivity index (χ4n) is 5.79. The second-order valence-electron chi connectivity index (χ2n) is 9.24. The highest BCUT2D eigenvalue weighted by Gasteiger charge is 2.63. The van der Waals surface area contributed by atoms with Gasteiger partial charge in [-0.2, -0.15) is 10.2 Å². The van der Waals surface area contributed by atoms with Crippen molar-refractivity contribution < 1.29 is 9.47 Å². The van der Waals surface area contributed by atoms with E-state index >= 15 is 0 Å². The van der Waals surface area contributed by atoms with Crippen molar-refractivity contribution in [3.05, 3.63) is 71.9 Å². The lowest BCUT2D eigenvalue weighted by Crippen LogP contribution is -2.63. The summed E-state index contributed by atoms with van der Waals surface area (Å²) in [6.07, 6.45) is 0.532. The molecule has 3 aromatic rings. The van der Waals surface area contributed by atoms with E-state index in [0.29, 0.717) is 0 Å². The van der Waals surface area contributed by atoms with Crippen molar-refractivity contribution in [2.45, 2.75) is 51.5 Å². The molecule has 0 saturated carbocycles. The van der Waals surface area contributed by atoms with Crippen LogP contribution in [0.2, 0.25) is 0 Å². The summed E-state index contributed by atoms with van der Waals surface area (Å²) in [6.45, 7) is 8.48. The van der Waals surface area contributed by atoms with Gasteiger partial charge in [0.05, 0.1) is 28.6 Å². The zero-order valence-electron chi connectivity index (χ0n) is 18.2. The first-order valence-electron chi connectivity index (χ1n) is 10.8. The summed E-state index contributed by atoms with van der Waals surface area (Å²) in [5.41, 5.74) is 4.03. The normalized spacial score (nSPS) is 31.0. The Morgan fingerprint density at radius 1 is 0.935 bits per heavy atom. The van der Waals surface area contributed by atoms with Crippen LogP contribution in [0, 0.1) is 12.8 Å². The highest BCUT2D eigenvalue weighted by molar-refractivity contribution is 5.90. The Hall–Kier alpha value is -3.12. The zero-order chi connectivity index (χ0) is 21.4. The maximum Gasteiger partial charge on any atom is 0.223 e. The molecule has 1 fully saturated rings. The van der Waals surface area contributed by atoms with E-state index < -0.39 is 11.2 Å². The SMILES string of the molecule is CC1=NN(c2ccccc2)[C@@H]2O[C@@]3(C)C[C@@](C)(Oc4c3c(C)nn4-c3ccccc3)[C@H]12. The number of hydrogen-bond acceptors (Lipinski definition) is 5. The summed E-state index contributed by atoms with van der Waals surface area (Å²) in [4.78, 5) is 0. The van der Waals surface area contributed by atoms with Crippen molar-refractivity contribution in [1.29, 1.82) is 0 Å². The fourth-order valence-corrected chi connectivity index (χ4v) is 5.79. The van der Waals surface area contributed by atoms with E-state index in [1.807, 2.05) is 65.1 Å². The maximum atomic E-state index is 6.91. The molecule has 0 amide bonds. The number of benzene rings is 2. The Bertz CT molecular complexity index is 1190. The molecule has 0 unspecified atom stereocenters. The summed E-state index contributed by atoms with van der Waals surface area (Å²) < 4.78 is 15.7. The summed E-state index contributed by atoms with van der Waals surface area (Å²) in [5, 5.41) is 11.8. The van der Waals surface area contributed by atoms with Gasteiger partial charge in [0.15, 0.2) is 6.23 Å². The molecule has 6 rings (SSSR count). The first kappa shape index (κ1) is 18.6. The van der Waals surface area contributed by atoms with Gasteiger partial charge >= 0.3 is 0 Å². The third-order valence-electron chi connectivity index (χ3n) is 6.87. The van der Waals surface area contributed by atoms with E-state index in [9.17, 15) is 0 Å². The molecule has 2 aromatic carbocycles. The third kappa shape index (κ3) is 2.54. The molecular weight excluding hydrogens is 388 g/mol. The molecule has 1 aromatic heterocycles. The average Bonchev–Trinajstić information content (AvgIpc) is 3.26. The molecule has 0 aliphatic carbocycles. The predicted molar refractivity (Wildman–Crippen MR) is 120 cm³/mol. The summed E-state index contributed by atoms with van der Waals surface area (Å²) >= 11 is 0. The Morgan fingerprint density at radius 3 is 2.26 bits per heavy atom. The maximum absolute atomic E-state index is 6.91. The summed E-state index contributed by atoms with van der Waals surface area (Å²) in [6, 6.07) is 20.4. The van der Waals surface area contributed by atoms with E-state index in [4.69, 9.17) is 19.7 Å². The van der Waals surface area contributed by atoms with Crippen molar-refractivity contribution in [2.24, 2.45) is 11.0 Å². The van der Waals surface area contributed by atoms with Crippen molar-refractivity contribution in [2.75, 3.05) is 5.01 Å². The molecule has 6 heteroatoms. The van der Waals surface area contributed by atoms with Gasteiger partial charge in [0, 0.05) is 12.1 Å². The van der Waals surface area contributed by atoms with Gasteiger partial charge in [-0.25, -0.2) is 9.69 Å². The minimum atomic E-state index is -0.520. The van der Waals surface area contributed by atoms with Gasteiger partial charge in [-0.3, -0.25) is 0 Å². The van der Waals surface area contributed by atoms with Crippen LogP contribution in [0.15, 0.2) is 65.8 Å². The second-order valence-corrected chi connectivity index (χ2v) is 9.24. The van der Waals surface area contributed by atoms with Crippen LogP contribution in [0.5, 0.6) is 5.88 Å². The topological polar surface area (TPSA) is 51.9 Å². The molecule has 4 atom stereocenters. The molecule has 6 nitrogen and oxygen atoms in total. The van der Waals surface area contributed by atoms with Gasteiger partial charge in [-0.05, 0) is 52.0 Å². The molecule has 3 aliphatic rings. The number of ether oxygens (including phenoxy) is 2. The number of hydrogen-bond donors (Lipinski definition) is 0. The minimum absolute atomic E-state index is 0.0216. The van der Waals surface area contributed by atoms with Gasteiger partial charge in [0.2, 0.25) is 5.88 Å². The molecule has 1 saturated heterocycles. The molecule has 0 spiro atoms. The van der Waals surface area contributed by atoms with Crippen LogP contribution in [0.25, 0.3) is 5.69 Å². The quantitative estimate of drug-likeness (QED) is 0.604. The molecule has 2 bridgehead atoms. The monoisotopic (exact) mass is 414 g/mol. The molecule has 4 heterocycles. The van der Waals surface area contributed by atoms with Crippen LogP contribution in [-0.2, 0) is 10.3 Å². The van der Waals surface area contributed by atoms with E-state index in [0.717, 1.165) is 40.6 Å². The molecule has 158 valence electrons. The van der Waals surface area contributed by atoms with Crippen molar-refractivity contribution >= 4 is 11.4 Å². The number of aromatic nitrogens is 2. The van der Waals surface area contributed by atoms with E-state index in [1.165, 1.54) is 0 Å². The molecule has 31 heavy (non-hydrogen) atoms. The summed E-state index contributed by atoms with van der Waals surface area (Å²) in [5.74, 6) is 0.803. The lowest BCUT2D eigenvalue weighted by Gasteiger charge is -2.54. The number of anilines is 1. The van der Waals surface area contributed by atoms with Crippen LogP contribution in [0.3, 0.4) is 0 Å². The van der Waals surface area contributed by atoms with E-state index in [1.54, 1.807) is 0 Å². The van der Waals surface area contributed by atoms with Crippen LogP contribution in [0.1, 0.15) is 38.4 Å². The number of fused-ring (bicyclic) bond motifs is 6. The van der Waals surface area contributed by atoms with Crippen LogP contribution in [0.4, 0.5) is 5.69 Å². The second kappa shape index (κ2) is 6.20. The van der Waals surface area contributed by atoms with Crippen molar-refractivity contribution in [3.8, 4) is 11.6 Å². The fraction of sp³-hybridized carbons (Fsp3) is 0.360. The highest BCUT2D eigenvalue weighted by Crippen LogP contribution is 2.57. The minimum Gasteiger partial charge on any atom is -0.470 e. The largest absolute Gasteiger partial charge is 0.470 e. The van der Waals surface area contributed by atoms with Crippen molar-refractivity contribution in [1.82, 2.24) is 9.78 Å². The first-order valence-corrected chi connectivity index (χ1v) is 10.8. The van der Waals surface area contributed by atoms with Crippen LogP contribution >= 0.6 is 0 Å². The Morgan fingerprint density at radius 2 is 1.58 bits per heavy atom. The van der Waals surface area contributed by atoms with Crippen LogP contribution in [-0.4, -0.2) is 27.3 Å². The molecule has 0 radical (unpaired) electrons. The Balaban J connectivity index is 1.50. The number of para-hydroxylation sites is 2. The molecular formula is C25H26N4O2. The summed E-state index contributed by atoms with van der Waals surface area (Å²) in [7, 11) is 0. The number of hydrazone groups is 1. The first-order chi connectivity index (χ1) is 14.9. The number of nitrogens with zero attached hydrogens (tertiary/aromatic N) is 4. The lowest BCUT2D eigenvalue weighted by atomic mass is 9.70. The van der Waals surface area contributed by atoms with Crippen LogP contribution < -0.4 is 9.75 Å². The van der Waals surface area contributed by atoms with E-state index in [-0.39, 0.29) is 12.1 Å². The number of aryl methyl sites for hydroxylation is 1. The van der Waals surface area contributed by atoms with Gasteiger partial charge < -0.3 is 9.47 Å². The smallest absolute Gasteiger partial charge is 0.223 e. The van der Waals surface area contributed by atoms with Crippen molar-refractivity contribution in [3.63, 3.8) is 0 Å². The zero-order valence-corrected chi connectivity index (χ0v) is 18.2. The van der Waals surface area contributed by atoms with Gasteiger partial charge in [0.25, 0.3) is 0 Å². The van der Waals surface area contributed by atoms with Gasteiger partial charge in [-0.15, -0.1) is 0 Å².